The summed E-state index contributed by atoms with van der Waals surface area (Å²) in [7, 11) is 0. The molecule has 5 heteroatoms. The van der Waals surface area contributed by atoms with Crippen molar-refractivity contribution in [1.29, 1.82) is 0 Å². The molecule has 0 unspecified atom stereocenters. The summed E-state index contributed by atoms with van der Waals surface area (Å²) in [6.07, 6.45) is 1.30. The van der Waals surface area contributed by atoms with Crippen LogP contribution in [0.4, 0.5) is 5.69 Å². The molecule has 3 aromatic carbocycles. The van der Waals surface area contributed by atoms with Gasteiger partial charge in [0.05, 0.1) is 11.9 Å². The molecule has 4 rings (SSSR count). The minimum atomic E-state index is -0.286. The van der Waals surface area contributed by atoms with Gasteiger partial charge < -0.3 is 14.8 Å². The molecule has 4 aromatic rings. The molecule has 0 bridgehead atoms. The van der Waals surface area contributed by atoms with Crippen LogP contribution >= 0.6 is 0 Å². The number of hydrogen-bond acceptors (Lipinski definition) is 4. The normalized spacial score (nSPS) is 10.6. The van der Waals surface area contributed by atoms with Gasteiger partial charge in [-0.05, 0) is 48.2 Å². The lowest BCUT2D eigenvalue weighted by atomic mass is 10.0. The maximum absolute atomic E-state index is 12.3. The third-order valence-corrected chi connectivity index (χ3v) is 5.17. The molecule has 1 heterocycles. The van der Waals surface area contributed by atoms with Gasteiger partial charge in [-0.15, -0.1) is 0 Å². The zero-order valence-corrected chi connectivity index (χ0v) is 18.7. The summed E-state index contributed by atoms with van der Waals surface area (Å²) in [6, 6.07) is 29.5. The molecule has 0 aliphatic heterocycles. The van der Waals surface area contributed by atoms with Crippen LogP contribution in [-0.4, -0.2) is 17.5 Å². The van der Waals surface area contributed by atoms with Gasteiger partial charge in [0.2, 0.25) is 5.88 Å². The summed E-state index contributed by atoms with van der Waals surface area (Å²) in [5.74, 6) is 0.926. The van der Waals surface area contributed by atoms with Gasteiger partial charge in [0.25, 0.3) is 5.91 Å². The van der Waals surface area contributed by atoms with Crippen molar-refractivity contribution in [3.8, 4) is 11.6 Å². The van der Waals surface area contributed by atoms with E-state index in [2.05, 4.69) is 10.3 Å². The highest BCUT2D eigenvalue weighted by molar-refractivity contribution is 5.91. The molecule has 0 fully saturated rings. The number of carbonyl (C=O) groups is 1. The number of benzene rings is 3. The Labute approximate surface area is 194 Å². The fourth-order valence-corrected chi connectivity index (χ4v) is 3.43. The molecule has 0 radical (unpaired) electrons. The van der Waals surface area contributed by atoms with Crippen molar-refractivity contribution < 1.29 is 14.3 Å². The highest BCUT2D eigenvalue weighted by atomic mass is 16.5. The third-order valence-electron chi connectivity index (χ3n) is 5.17. The van der Waals surface area contributed by atoms with Crippen LogP contribution in [0, 0.1) is 13.8 Å². The van der Waals surface area contributed by atoms with Gasteiger partial charge >= 0.3 is 0 Å². The molecular formula is C28H26N2O3. The molecule has 0 saturated heterocycles. The number of carbonyl (C=O) groups excluding carboxylic acids is 1. The van der Waals surface area contributed by atoms with E-state index in [0.29, 0.717) is 17.3 Å². The van der Waals surface area contributed by atoms with Gasteiger partial charge in [-0.2, -0.15) is 0 Å². The number of ether oxygens (including phenoxy) is 2. The van der Waals surface area contributed by atoms with Crippen molar-refractivity contribution in [3.63, 3.8) is 0 Å². The van der Waals surface area contributed by atoms with Gasteiger partial charge in [0, 0.05) is 6.07 Å². The van der Waals surface area contributed by atoms with E-state index in [9.17, 15) is 4.79 Å². The van der Waals surface area contributed by atoms with E-state index in [1.165, 1.54) is 0 Å². The second kappa shape index (κ2) is 10.5. The first-order valence-corrected chi connectivity index (χ1v) is 10.8. The van der Waals surface area contributed by atoms with Crippen LogP contribution in [0.15, 0.2) is 97.2 Å². The lowest BCUT2D eigenvalue weighted by Gasteiger charge is -2.19. The number of pyridine rings is 1. The number of hydrogen-bond donors (Lipinski definition) is 1. The van der Waals surface area contributed by atoms with Crippen molar-refractivity contribution in [3.05, 3.63) is 119 Å². The quantitative estimate of drug-likeness (QED) is 0.373. The van der Waals surface area contributed by atoms with Crippen LogP contribution in [0.5, 0.6) is 11.6 Å². The molecule has 5 nitrogen and oxygen atoms in total. The predicted molar refractivity (Wildman–Crippen MR) is 130 cm³/mol. The Balaban J connectivity index is 1.40. The molecular weight excluding hydrogens is 412 g/mol. The Bertz CT molecular complexity index is 1150. The summed E-state index contributed by atoms with van der Waals surface area (Å²) in [4.78, 5) is 16.7. The van der Waals surface area contributed by atoms with Gasteiger partial charge in [-0.1, -0.05) is 72.8 Å². The SMILES string of the molecule is Cc1ccc(C)c(OCC(=O)Nc2ccc(OC(c3ccccc3)c3ccccc3)nc2)c1. The fraction of sp³-hybridized carbons (Fsp3) is 0.143. The van der Waals surface area contributed by atoms with Gasteiger partial charge in [-0.3, -0.25) is 4.79 Å². The molecule has 166 valence electrons. The van der Waals surface area contributed by atoms with E-state index < -0.39 is 0 Å². The monoisotopic (exact) mass is 438 g/mol. The first kappa shape index (κ1) is 22.1. The molecule has 0 aliphatic carbocycles. The average molecular weight is 439 g/mol. The van der Waals surface area contributed by atoms with Crippen LogP contribution in [0.25, 0.3) is 0 Å². The zero-order chi connectivity index (χ0) is 23.0. The maximum atomic E-state index is 12.3. The number of nitrogens with zero attached hydrogens (tertiary/aromatic N) is 1. The minimum absolute atomic E-state index is 0.0768. The number of nitrogens with one attached hydrogen (secondary N) is 1. The van der Waals surface area contributed by atoms with Crippen LogP contribution in [0.1, 0.15) is 28.4 Å². The van der Waals surface area contributed by atoms with E-state index in [4.69, 9.17) is 9.47 Å². The van der Waals surface area contributed by atoms with E-state index >= 15 is 0 Å². The molecule has 33 heavy (non-hydrogen) atoms. The molecule has 0 spiro atoms. The molecule has 1 aromatic heterocycles. The number of rotatable bonds is 8. The molecule has 0 atom stereocenters. The predicted octanol–water partition coefficient (Wildman–Crippen LogP) is 5.88. The van der Waals surface area contributed by atoms with Crippen LogP contribution in [0.2, 0.25) is 0 Å². The van der Waals surface area contributed by atoms with Gasteiger partial charge in [0.15, 0.2) is 12.7 Å². The highest BCUT2D eigenvalue weighted by Crippen LogP contribution is 2.28. The Kier molecular flexibility index (Phi) is 7.00. The van der Waals surface area contributed by atoms with Crippen LogP contribution < -0.4 is 14.8 Å². The van der Waals surface area contributed by atoms with E-state index in [-0.39, 0.29) is 18.6 Å². The number of aryl methyl sites for hydroxylation is 2. The number of anilines is 1. The summed E-state index contributed by atoms with van der Waals surface area (Å²) in [6.45, 7) is 3.86. The number of aromatic nitrogens is 1. The Hall–Kier alpha value is -4.12. The first-order valence-electron chi connectivity index (χ1n) is 10.8. The van der Waals surface area contributed by atoms with Crippen molar-refractivity contribution >= 4 is 11.6 Å². The zero-order valence-electron chi connectivity index (χ0n) is 18.7. The smallest absolute Gasteiger partial charge is 0.262 e. The average Bonchev–Trinajstić information content (AvgIpc) is 2.85. The molecule has 1 amide bonds. The van der Waals surface area contributed by atoms with Crippen LogP contribution in [-0.2, 0) is 4.79 Å². The van der Waals surface area contributed by atoms with Gasteiger partial charge in [-0.25, -0.2) is 4.98 Å². The Morgan fingerprint density at radius 3 is 2.15 bits per heavy atom. The lowest BCUT2D eigenvalue weighted by molar-refractivity contribution is -0.118. The van der Waals surface area contributed by atoms with Crippen molar-refractivity contribution in [2.24, 2.45) is 0 Å². The summed E-state index contributed by atoms with van der Waals surface area (Å²) in [5, 5.41) is 2.81. The van der Waals surface area contributed by atoms with Crippen LogP contribution in [0.3, 0.4) is 0 Å². The summed E-state index contributed by atoms with van der Waals surface area (Å²) >= 11 is 0. The van der Waals surface area contributed by atoms with Crippen molar-refractivity contribution in [2.45, 2.75) is 20.0 Å². The minimum Gasteiger partial charge on any atom is -0.483 e. The second-order valence-corrected chi connectivity index (χ2v) is 7.81. The topological polar surface area (TPSA) is 60.5 Å². The molecule has 1 N–H and O–H groups in total. The van der Waals surface area contributed by atoms with E-state index in [1.807, 2.05) is 92.7 Å². The largest absolute Gasteiger partial charge is 0.483 e. The summed E-state index contributed by atoms with van der Waals surface area (Å²) < 4.78 is 11.9. The second-order valence-electron chi connectivity index (χ2n) is 7.81. The fourth-order valence-electron chi connectivity index (χ4n) is 3.43. The number of amides is 1. The maximum Gasteiger partial charge on any atom is 0.262 e. The standard InChI is InChI=1S/C28H26N2O3/c1-20-13-14-21(2)25(17-20)32-19-26(31)30-24-15-16-27(29-18-24)33-28(22-9-5-3-6-10-22)23-11-7-4-8-12-23/h3-18,28H,19H2,1-2H3,(H,30,31). The highest BCUT2D eigenvalue weighted by Gasteiger charge is 2.16. The van der Waals surface area contributed by atoms with Gasteiger partial charge in [0.1, 0.15) is 5.75 Å². The lowest BCUT2D eigenvalue weighted by Crippen LogP contribution is -2.20. The third kappa shape index (κ3) is 5.98. The van der Waals surface area contributed by atoms with Crippen molar-refractivity contribution in [1.82, 2.24) is 4.98 Å². The van der Waals surface area contributed by atoms with Crippen molar-refractivity contribution in [2.75, 3.05) is 11.9 Å². The molecule has 0 aliphatic rings. The Morgan fingerprint density at radius 2 is 1.55 bits per heavy atom. The first-order chi connectivity index (χ1) is 16.1. The molecule has 0 saturated carbocycles. The van der Waals surface area contributed by atoms with E-state index in [0.717, 1.165) is 22.3 Å². The Morgan fingerprint density at radius 1 is 0.879 bits per heavy atom. The summed E-state index contributed by atoms with van der Waals surface area (Å²) in [5.41, 5.74) is 4.72. The van der Waals surface area contributed by atoms with E-state index in [1.54, 1.807) is 18.3 Å².